The Kier molecular flexibility index (Phi) is 3.09. The van der Waals surface area contributed by atoms with E-state index in [0.29, 0.717) is 11.3 Å². The van der Waals surface area contributed by atoms with Crippen molar-refractivity contribution in [3.8, 4) is 0 Å². The summed E-state index contributed by atoms with van der Waals surface area (Å²) < 4.78 is 0. The third-order valence-corrected chi connectivity index (χ3v) is 3.97. The monoisotopic (exact) mass is 260 g/mol. The van der Waals surface area contributed by atoms with Crippen molar-refractivity contribution in [2.75, 3.05) is 23.7 Å². The normalized spacial score (nSPS) is 18.3. The molecule has 0 spiro atoms. The molecule has 3 rings (SSSR count). The minimum atomic E-state index is -0.890. The van der Waals surface area contributed by atoms with Gasteiger partial charge in [0.15, 0.2) is 0 Å². The molecule has 0 amide bonds. The Morgan fingerprint density at radius 1 is 1.21 bits per heavy atom. The van der Waals surface area contributed by atoms with Crippen LogP contribution in [0, 0.1) is 11.8 Å². The fourth-order valence-electron chi connectivity index (χ4n) is 2.45. The van der Waals surface area contributed by atoms with Gasteiger partial charge in [-0.1, -0.05) is 0 Å². The lowest BCUT2D eigenvalue weighted by Crippen LogP contribution is -2.29. The first-order valence-electron chi connectivity index (χ1n) is 7.01. The van der Waals surface area contributed by atoms with Crippen molar-refractivity contribution in [3.05, 3.63) is 23.8 Å². The summed E-state index contributed by atoms with van der Waals surface area (Å²) in [5, 5.41) is 9.11. The van der Waals surface area contributed by atoms with E-state index in [1.54, 1.807) is 18.2 Å². The SMILES string of the molecule is Nc1ccc(C(=O)O)cc1N(CC1CC1)CC1CC1. The summed E-state index contributed by atoms with van der Waals surface area (Å²) in [7, 11) is 0. The third-order valence-electron chi connectivity index (χ3n) is 3.97. The van der Waals surface area contributed by atoms with E-state index in [9.17, 15) is 4.79 Å². The highest BCUT2D eigenvalue weighted by molar-refractivity contribution is 5.90. The number of rotatable bonds is 6. The number of nitrogen functional groups attached to an aromatic ring is 1. The molecule has 0 aliphatic heterocycles. The molecular weight excluding hydrogens is 240 g/mol. The van der Waals surface area contributed by atoms with Crippen LogP contribution in [0.3, 0.4) is 0 Å². The second-order valence-electron chi connectivity index (χ2n) is 5.87. The number of carboxylic acids is 1. The Morgan fingerprint density at radius 2 is 1.79 bits per heavy atom. The van der Waals surface area contributed by atoms with Crippen molar-refractivity contribution < 1.29 is 9.90 Å². The van der Waals surface area contributed by atoms with E-state index in [4.69, 9.17) is 10.8 Å². The summed E-state index contributed by atoms with van der Waals surface area (Å²) in [5.74, 6) is 0.650. The molecule has 0 atom stereocenters. The van der Waals surface area contributed by atoms with E-state index in [1.165, 1.54) is 25.7 Å². The summed E-state index contributed by atoms with van der Waals surface area (Å²) in [4.78, 5) is 13.4. The zero-order chi connectivity index (χ0) is 13.4. The van der Waals surface area contributed by atoms with Crippen LogP contribution in [0.25, 0.3) is 0 Å². The van der Waals surface area contributed by atoms with E-state index in [1.807, 2.05) is 0 Å². The van der Waals surface area contributed by atoms with E-state index in [-0.39, 0.29) is 0 Å². The predicted octanol–water partition coefficient (Wildman–Crippen LogP) is 2.59. The van der Waals surface area contributed by atoms with E-state index >= 15 is 0 Å². The van der Waals surface area contributed by atoms with Crippen LogP contribution in [0.4, 0.5) is 11.4 Å². The molecule has 0 saturated heterocycles. The maximum atomic E-state index is 11.1. The number of carbonyl (C=O) groups is 1. The van der Waals surface area contributed by atoms with Gasteiger partial charge >= 0.3 is 5.97 Å². The van der Waals surface area contributed by atoms with Gasteiger partial charge in [-0.25, -0.2) is 4.79 Å². The molecule has 2 aliphatic carbocycles. The molecule has 1 aromatic rings. The molecule has 0 bridgehead atoms. The van der Waals surface area contributed by atoms with Crippen LogP contribution in [0.1, 0.15) is 36.0 Å². The van der Waals surface area contributed by atoms with Crippen LogP contribution < -0.4 is 10.6 Å². The molecule has 0 aromatic heterocycles. The number of benzene rings is 1. The lowest BCUT2D eigenvalue weighted by Gasteiger charge is -2.26. The van der Waals surface area contributed by atoms with E-state index in [0.717, 1.165) is 30.6 Å². The Bertz CT molecular complexity index is 479. The highest BCUT2D eigenvalue weighted by Crippen LogP contribution is 2.37. The van der Waals surface area contributed by atoms with Crippen molar-refractivity contribution in [1.29, 1.82) is 0 Å². The van der Waals surface area contributed by atoms with Crippen LogP contribution in [-0.2, 0) is 0 Å². The fraction of sp³-hybridized carbons (Fsp3) is 0.533. The smallest absolute Gasteiger partial charge is 0.335 e. The van der Waals surface area contributed by atoms with Gasteiger partial charge in [-0.05, 0) is 55.7 Å². The van der Waals surface area contributed by atoms with Crippen molar-refractivity contribution in [3.63, 3.8) is 0 Å². The van der Waals surface area contributed by atoms with Crippen molar-refractivity contribution in [1.82, 2.24) is 0 Å². The zero-order valence-corrected chi connectivity index (χ0v) is 11.0. The van der Waals surface area contributed by atoms with Crippen molar-refractivity contribution in [2.45, 2.75) is 25.7 Å². The molecule has 2 saturated carbocycles. The largest absolute Gasteiger partial charge is 0.478 e. The third kappa shape index (κ3) is 3.00. The lowest BCUT2D eigenvalue weighted by molar-refractivity contribution is 0.0697. The standard InChI is InChI=1S/C15H20N2O2/c16-13-6-5-12(15(18)19)7-14(13)17(8-10-1-2-10)9-11-3-4-11/h5-7,10-11H,1-4,8-9,16H2,(H,18,19). The van der Waals surface area contributed by atoms with Gasteiger partial charge in [0.05, 0.1) is 16.9 Å². The van der Waals surface area contributed by atoms with Gasteiger partial charge in [0.2, 0.25) is 0 Å². The average molecular weight is 260 g/mol. The Hall–Kier alpha value is -1.71. The minimum absolute atomic E-state index is 0.320. The molecule has 0 radical (unpaired) electrons. The maximum Gasteiger partial charge on any atom is 0.335 e. The number of aromatic carboxylic acids is 1. The molecule has 4 heteroatoms. The van der Waals surface area contributed by atoms with Crippen LogP contribution in [0.2, 0.25) is 0 Å². The summed E-state index contributed by atoms with van der Waals surface area (Å²) in [5.41, 5.74) is 7.96. The van der Waals surface area contributed by atoms with E-state index in [2.05, 4.69) is 4.90 Å². The number of nitrogens with two attached hydrogens (primary N) is 1. The van der Waals surface area contributed by atoms with Crippen molar-refractivity contribution >= 4 is 17.3 Å². The molecule has 19 heavy (non-hydrogen) atoms. The van der Waals surface area contributed by atoms with Crippen molar-refractivity contribution in [2.24, 2.45) is 11.8 Å². The van der Waals surface area contributed by atoms with Gasteiger partial charge in [0, 0.05) is 13.1 Å². The van der Waals surface area contributed by atoms with Gasteiger partial charge in [-0.15, -0.1) is 0 Å². The molecule has 102 valence electrons. The van der Waals surface area contributed by atoms with Gasteiger partial charge in [-0.2, -0.15) is 0 Å². The lowest BCUT2D eigenvalue weighted by atomic mass is 10.1. The quantitative estimate of drug-likeness (QED) is 0.771. The molecule has 4 nitrogen and oxygen atoms in total. The van der Waals surface area contributed by atoms with Gasteiger partial charge < -0.3 is 15.7 Å². The molecule has 0 heterocycles. The summed E-state index contributed by atoms with van der Waals surface area (Å²) in [6, 6.07) is 5.02. The summed E-state index contributed by atoms with van der Waals surface area (Å²) >= 11 is 0. The first kappa shape index (κ1) is 12.3. The number of nitrogens with zero attached hydrogens (tertiary/aromatic N) is 1. The number of anilines is 2. The molecule has 1 aromatic carbocycles. The van der Waals surface area contributed by atoms with Crippen LogP contribution in [0.5, 0.6) is 0 Å². The van der Waals surface area contributed by atoms with Gasteiger partial charge in [-0.3, -0.25) is 0 Å². The zero-order valence-electron chi connectivity index (χ0n) is 11.0. The summed E-state index contributed by atoms with van der Waals surface area (Å²) in [6.07, 6.45) is 5.17. The Labute approximate surface area is 113 Å². The topological polar surface area (TPSA) is 66.6 Å². The Morgan fingerprint density at radius 3 is 2.26 bits per heavy atom. The average Bonchev–Trinajstić information content (AvgIpc) is 3.23. The van der Waals surface area contributed by atoms with E-state index < -0.39 is 5.97 Å². The Balaban J connectivity index is 1.85. The van der Waals surface area contributed by atoms with Gasteiger partial charge in [0.25, 0.3) is 0 Å². The predicted molar refractivity (Wildman–Crippen MR) is 75.5 cm³/mol. The van der Waals surface area contributed by atoms with Crippen LogP contribution in [-0.4, -0.2) is 24.2 Å². The van der Waals surface area contributed by atoms with Gasteiger partial charge in [0.1, 0.15) is 0 Å². The molecule has 0 unspecified atom stereocenters. The highest BCUT2D eigenvalue weighted by Gasteiger charge is 2.30. The van der Waals surface area contributed by atoms with Crippen LogP contribution in [0.15, 0.2) is 18.2 Å². The number of hydrogen-bond donors (Lipinski definition) is 2. The maximum absolute atomic E-state index is 11.1. The second kappa shape index (κ2) is 4.76. The highest BCUT2D eigenvalue weighted by atomic mass is 16.4. The molecule has 2 fully saturated rings. The molecular formula is C15H20N2O2. The fourth-order valence-corrected chi connectivity index (χ4v) is 2.45. The summed E-state index contributed by atoms with van der Waals surface area (Å²) in [6.45, 7) is 2.04. The number of carboxylic acid groups (broad SMARTS) is 1. The molecule has 3 N–H and O–H groups in total. The second-order valence-corrected chi connectivity index (χ2v) is 5.87. The minimum Gasteiger partial charge on any atom is -0.478 e. The first-order chi connectivity index (χ1) is 9.13. The van der Waals surface area contributed by atoms with Crippen LogP contribution >= 0.6 is 0 Å². The number of hydrogen-bond acceptors (Lipinski definition) is 3. The molecule has 2 aliphatic rings. The first-order valence-corrected chi connectivity index (χ1v) is 7.01.